The van der Waals surface area contributed by atoms with Crippen molar-refractivity contribution in [1.29, 1.82) is 0 Å². The van der Waals surface area contributed by atoms with Crippen molar-refractivity contribution in [2.45, 2.75) is 51.5 Å². The lowest BCUT2D eigenvalue weighted by Crippen LogP contribution is -2.43. The number of aliphatic carboxylic acids is 1. The molecule has 2 aromatic rings. The molecule has 0 fully saturated rings. The predicted molar refractivity (Wildman–Crippen MR) is 103 cm³/mol. The van der Waals surface area contributed by atoms with Gasteiger partial charge in [0.05, 0.1) is 0 Å². The number of aryl methyl sites for hydroxylation is 1. The van der Waals surface area contributed by atoms with Crippen LogP contribution in [0.4, 0.5) is 5.69 Å². The van der Waals surface area contributed by atoms with E-state index >= 15 is 0 Å². The van der Waals surface area contributed by atoms with Crippen LogP contribution in [0.5, 0.6) is 0 Å². The number of nitrogens with zero attached hydrogens (tertiary/aromatic N) is 1. The molecule has 0 aromatic heterocycles. The van der Waals surface area contributed by atoms with Gasteiger partial charge in [0.1, 0.15) is 0 Å². The van der Waals surface area contributed by atoms with Crippen LogP contribution in [0.15, 0.2) is 48.5 Å². The fraction of sp³-hybridized carbons (Fsp3) is 0.364. The van der Waals surface area contributed by atoms with E-state index in [1.54, 1.807) is 0 Å². The number of carboxylic acid groups (broad SMARTS) is 1. The van der Waals surface area contributed by atoms with Gasteiger partial charge < -0.3 is 10.0 Å². The minimum atomic E-state index is -0.857. The molecule has 4 nitrogen and oxygen atoms in total. The van der Waals surface area contributed by atoms with E-state index in [1.807, 2.05) is 23.1 Å². The van der Waals surface area contributed by atoms with E-state index in [4.69, 9.17) is 5.11 Å². The number of hydrogen-bond acceptors (Lipinski definition) is 2. The third-order valence-corrected chi connectivity index (χ3v) is 5.09. The highest BCUT2D eigenvalue weighted by Gasteiger charge is 2.34. The van der Waals surface area contributed by atoms with Gasteiger partial charge in [0.2, 0.25) is 5.91 Å². The first-order valence-electron chi connectivity index (χ1n) is 9.16. The number of rotatable bonds is 5. The maximum atomic E-state index is 12.8. The first-order valence-corrected chi connectivity index (χ1v) is 9.16. The van der Waals surface area contributed by atoms with Crippen molar-refractivity contribution in [2.75, 3.05) is 4.90 Å². The number of anilines is 1. The quantitative estimate of drug-likeness (QED) is 0.862. The molecule has 0 saturated heterocycles. The van der Waals surface area contributed by atoms with Gasteiger partial charge in [-0.2, -0.15) is 0 Å². The molecule has 0 saturated carbocycles. The van der Waals surface area contributed by atoms with Gasteiger partial charge in [0.25, 0.3) is 0 Å². The molecule has 3 rings (SSSR count). The zero-order valence-corrected chi connectivity index (χ0v) is 15.3. The summed E-state index contributed by atoms with van der Waals surface area (Å²) in [5.74, 6) is -0.579. The van der Waals surface area contributed by atoms with Gasteiger partial charge in [-0.15, -0.1) is 0 Å². The van der Waals surface area contributed by atoms with Crippen molar-refractivity contribution >= 4 is 17.6 Å². The highest BCUT2D eigenvalue weighted by molar-refractivity contribution is 5.95. The van der Waals surface area contributed by atoms with Gasteiger partial charge in [0.15, 0.2) is 0 Å². The Bertz CT molecular complexity index is 800. The molecular weight excluding hydrogens is 326 g/mol. The van der Waals surface area contributed by atoms with Crippen LogP contribution in [-0.2, 0) is 9.59 Å². The summed E-state index contributed by atoms with van der Waals surface area (Å²) in [5, 5.41) is 8.81. The number of carbonyl (C=O) groups excluding carboxylic acids is 1. The number of benzene rings is 2. The van der Waals surface area contributed by atoms with Crippen molar-refractivity contribution < 1.29 is 14.7 Å². The standard InChI is InChI=1S/C22H25NO3/c1-15-11-12-20-19(13-15)18(17-7-4-3-5-8-17)14-16(2)23(20)21(24)9-6-10-22(25)26/h3-5,7-8,11-13,16,18H,6,9-10,14H2,1-2H3,(H,25,26). The monoisotopic (exact) mass is 351 g/mol. The van der Waals surface area contributed by atoms with E-state index in [0.717, 1.165) is 12.1 Å². The third kappa shape index (κ3) is 3.79. The Morgan fingerprint density at radius 3 is 2.54 bits per heavy atom. The fourth-order valence-corrected chi connectivity index (χ4v) is 3.88. The summed E-state index contributed by atoms with van der Waals surface area (Å²) in [6.45, 7) is 4.15. The molecule has 1 N–H and O–H groups in total. The molecule has 4 heteroatoms. The molecule has 26 heavy (non-hydrogen) atoms. The minimum absolute atomic E-state index is 0.00960. The van der Waals surface area contributed by atoms with Crippen LogP contribution in [0.25, 0.3) is 0 Å². The second-order valence-corrected chi connectivity index (χ2v) is 7.12. The summed E-state index contributed by atoms with van der Waals surface area (Å²) in [7, 11) is 0. The lowest BCUT2D eigenvalue weighted by molar-refractivity contribution is -0.137. The molecule has 0 aliphatic carbocycles. The largest absolute Gasteiger partial charge is 0.481 e. The molecule has 0 bridgehead atoms. The highest BCUT2D eigenvalue weighted by atomic mass is 16.4. The van der Waals surface area contributed by atoms with E-state index in [2.05, 4.69) is 44.2 Å². The molecule has 1 aliphatic heterocycles. The van der Waals surface area contributed by atoms with E-state index in [0.29, 0.717) is 6.42 Å². The molecule has 0 radical (unpaired) electrons. The maximum absolute atomic E-state index is 12.8. The Kier molecular flexibility index (Phi) is 5.40. The van der Waals surface area contributed by atoms with Gasteiger partial charge in [-0.05, 0) is 43.9 Å². The molecule has 2 atom stereocenters. The van der Waals surface area contributed by atoms with Gasteiger partial charge in [0, 0.05) is 30.5 Å². The maximum Gasteiger partial charge on any atom is 0.303 e. The van der Waals surface area contributed by atoms with Crippen molar-refractivity contribution in [3.63, 3.8) is 0 Å². The first kappa shape index (κ1) is 18.2. The smallest absolute Gasteiger partial charge is 0.303 e. The van der Waals surface area contributed by atoms with Crippen molar-refractivity contribution in [1.82, 2.24) is 0 Å². The van der Waals surface area contributed by atoms with E-state index in [9.17, 15) is 9.59 Å². The lowest BCUT2D eigenvalue weighted by atomic mass is 9.80. The molecule has 1 heterocycles. The third-order valence-electron chi connectivity index (χ3n) is 5.09. The molecule has 136 valence electrons. The average Bonchev–Trinajstić information content (AvgIpc) is 2.61. The zero-order valence-electron chi connectivity index (χ0n) is 15.3. The van der Waals surface area contributed by atoms with Crippen LogP contribution < -0.4 is 4.90 Å². The molecule has 2 aromatic carbocycles. The zero-order chi connectivity index (χ0) is 18.7. The van der Waals surface area contributed by atoms with Crippen LogP contribution in [0.1, 0.15) is 55.2 Å². The Morgan fingerprint density at radius 2 is 1.85 bits per heavy atom. The SMILES string of the molecule is Cc1ccc2c(c1)C(c1ccccc1)CC(C)N2C(=O)CCCC(=O)O. The van der Waals surface area contributed by atoms with E-state index < -0.39 is 5.97 Å². The summed E-state index contributed by atoms with van der Waals surface area (Å²) in [6.07, 6.45) is 1.53. The summed E-state index contributed by atoms with van der Waals surface area (Å²) < 4.78 is 0. The molecule has 1 aliphatic rings. The van der Waals surface area contributed by atoms with E-state index in [-0.39, 0.29) is 30.7 Å². The fourth-order valence-electron chi connectivity index (χ4n) is 3.88. The second kappa shape index (κ2) is 7.73. The number of fused-ring (bicyclic) bond motifs is 1. The van der Waals surface area contributed by atoms with Crippen molar-refractivity contribution in [3.05, 3.63) is 65.2 Å². The van der Waals surface area contributed by atoms with Gasteiger partial charge in [-0.25, -0.2) is 0 Å². The number of carboxylic acids is 1. The summed E-state index contributed by atoms with van der Waals surface area (Å²) in [4.78, 5) is 25.4. The van der Waals surface area contributed by atoms with Gasteiger partial charge >= 0.3 is 5.97 Å². The Morgan fingerprint density at radius 1 is 1.12 bits per heavy atom. The Labute approximate surface area is 154 Å². The summed E-state index contributed by atoms with van der Waals surface area (Å²) >= 11 is 0. The average molecular weight is 351 g/mol. The lowest BCUT2D eigenvalue weighted by Gasteiger charge is -2.40. The topological polar surface area (TPSA) is 57.6 Å². The summed E-state index contributed by atoms with van der Waals surface area (Å²) in [6, 6.07) is 16.7. The van der Waals surface area contributed by atoms with Gasteiger partial charge in [-0.3, -0.25) is 9.59 Å². The Hall–Kier alpha value is -2.62. The minimum Gasteiger partial charge on any atom is -0.481 e. The van der Waals surface area contributed by atoms with Crippen LogP contribution in [-0.4, -0.2) is 23.0 Å². The summed E-state index contributed by atoms with van der Waals surface area (Å²) in [5.41, 5.74) is 4.59. The second-order valence-electron chi connectivity index (χ2n) is 7.12. The van der Waals surface area contributed by atoms with Gasteiger partial charge in [-0.1, -0.05) is 48.0 Å². The number of carbonyl (C=O) groups is 2. The van der Waals surface area contributed by atoms with Crippen molar-refractivity contribution in [3.8, 4) is 0 Å². The van der Waals surface area contributed by atoms with Crippen LogP contribution in [0, 0.1) is 6.92 Å². The normalized spacial score (nSPS) is 19.1. The molecule has 1 amide bonds. The number of hydrogen-bond donors (Lipinski definition) is 1. The molecule has 0 spiro atoms. The van der Waals surface area contributed by atoms with Crippen LogP contribution in [0.2, 0.25) is 0 Å². The van der Waals surface area contributed by atoms with E-state index in [1.165, 1.54) is 16.7 Å². The van der Waals surface area contributed by atoms with Crippen LogP contribution in [0.3, 0.4) is 0 Å². The number of amides is 1. The predicted octanol–water partition coefficient (Wildman–Crippen LogP) is 4.51. The van der Waals surface area contributed by atoms with Crippen LogP contribution >= 0.6 is 0 Å². The first-order chi connectivity index (χ1) is 12.5. The molecule has 2 unspecified atom stereocenters. The molecular formula is C22H25NO3. The highest BCUT2D eigenvalue weighted by Crippen LogP contribution is 2.42. The van der Waals surface area contributed by atoms with Crippen molar-refractivity contribution in [2.24, 2.45) is 0 Å². The Balaban J connectivity index is 1.93.